The highest BCUT2D eigenvalue weighted by atomic mass is 19.1. The Labute approximate surface area is 315 Å². The van der Waals surface area contributed by atoms with Crippen molar-refractivity contribution < 1.29 is 8.78 Å². The zero-order valence-corrected chi connectivity index (χ0v) is 29.5. The van der Waals surface area contributed by atoms with E-state index in [0.29, 0.717) is 0 Å². The molecule has 2 aromatic heterocycles. The average Bonchev–Trinajstić information content (AvgIpc) is 3.72. The topological polar surface area (TPSA) is 10.9 Å². The molecule has 0 aliphatic heterocycles. The minimum absolute atomic E-state index is 0.285. The molecule has 11 rings (SSSR count). The molecular formula is C50H31F2N3. The van der Waals surface area contributed by atoms with Crippen molar-refractivity contribution in [3.05, 3.63) is 200 Å². The summed E-state index contributed by atoms with van der Waals surface area (Å²) in [6.07, 6.45) is 0. The second kappa shape index (κ2) is 12.2. The van der Waals surface area contributed by atoms with Gasteiger partial charge in [-0.3, -0.25) is 0 Å². The van der Waals surface area contributed by atoms with Gasteiger partial charge in [0.15, 0.2) is 0 Å². The number of fused-ring (bicyclic) bond motifs is 9. The van der Waals surface area contributed by atoms with Crippen LogP contribution in [0.3, 0.4) is 0 Å². The molecule has 55 heavy (non-hydrogen) atoms. The summed E-state index contributed by atoms with van der Waals surface area (Å²) in [6.45, 7) is 0. The molecule has 0 unspecified atom stereocenters. The highest BCUT2D eigenvalue weighted by Gasteiger charge is 2.23. The second-order valence-electron chi connectivity index (χ2n) is 14.1. The molecule has 0 aliphatic rings. The number of hydrogen-bond donors (Lipinski definition) is 0. The van der Waals surface area contributed by atoms with Gasteiger partial charge in [0, 0.05) is 55.7 Å². The molecule has 0 saturated carbocycles. The highest BCUT2D eigenvalue weighted by Crippen LogP contribution is 2.47. The van der Waals surface area contributed by atoms with Crippen LogP contribution in [0, 0.1) is 11.6 Å². The first-order valence-electron chi connectivity index (χ1n) is 18.4. The van der Waals surface area contributed by atoms with Gasteiger partial charge in [-0.05, 0) is 125 Å². The fourth-order valence-electron chi connectivity index (χ4n) is 8.56. The van der Waals surface area contributed by atoms with E-state index in [9.17, 15) is 8.78 Å². The molecule has 5 heteroatoms. The van der Waals surface area contributed by atoms with E-state index in [1.807, 2.05) is 48.5 Å². The van der Waals surface area contributed by atoms with Crippen molar-refractivity contribution in [2.45, 2.75) is 0 Å². The molecule has 11 aromatic rings. The summed E-state index contributed by atoms with van der Waals surface area (Å²) < 4.78 is 31.9. The van der Waals surface area contributed by atoms with Crippen LogP contribution in [0.25, 0.3) is 59.6 Å². The molecular weight excluding hydrogens is 681 g/mol. The number of para-hydroxylation sites is 2. The lowest BCUT2D eigenvalue weighted by atomic mass is 9.98. The number of anilines is 6. The van der Waals surface area contributed by atoms with Crippen molar-refractivity contribution in [2.75, 3.05) is 9.80 Å². The van der Waals surface area contributed by atoms with Gasteiger partial charge >= 0.3 is 0 Å². The summed E-state index contributed by atoms with van der Waals surface area (Å²) >= 11 is 0. The second-order valence-corrected chi connectivity index (χ2v) is 14.1. The van der Waals surface area contributed by atoms with Gasteiger partial charge in [0.2, 0.25) is 0 Å². The van der Waals surface area contributed by atoms with E-state index in [4.69, 9.17) is 0 Å². The number of rotatable bonds is 6. The Hall–Kier alpha value is -7.24. The fourth-order valence-corrected chi connectivity index (χ4v) is 8.56. The summed E-state index contributed by atoms with van der Waals surface area (Å²) in [6, 6.07) is 62.3. The summed E-state index contributed by atoms with van der Waals surface area (Å²) in [5.74, 6) is -0.571. The fraction of sp³-hybridized carbons (Fsp3) is 0. The summed E-state index contributed by atoms with van der Waals surface area (Å²) in [5, 5.41) is 9.21. The van der Waals surface area contributed by atoms with Crippen molar-refractivity contribution >= 4 is 93.8 Å². The van der Waals surface area contributed by atoms with Crippen molar-refractivity contribution in [1.29, 1.82) is 0 Å². The SMILES string of the molecule is Fc1cccc(N(c2ccccc2)c2ccc3cc4c5ccc(N(c6ccccc6)c6cccc(F)c6)cc5n5c6cc7ccccc7cc6c(c3c2)c45)c1. The number of halogens is 2. The van der Waals surface area contributed by atoms with Crippen molar-refractivity contribution in [3.8, 4) is 0 Å². The maximum atomic E-state index is 14.7. The van der Waals surface area contributed by atoms with Crippen molar-refractivity contribution in [2.24, 2.45) is 0 Å². The molecule has 0 bridgehead atoms. The van der Waals surface area contributed by atoms with Crippen LogP contribution in [-0.4, -0.2) is 4.40 Å². The van der Waals surface area contributed by atoms with Crippen LogP contribution in [0.1, 0.15) is 0 Å². The van der Waals surface area contributed by atoms with Gasteiger partial charge in [-0.2, -0.15) is 0 Å². The van der Waals surface area contributed by atoms with E-state index < -0.39 is 0 Å². The average molecular weight is 712 g/mol. The predicted octanol–water partition coefficient (Wildman–Crippen LogP) is 14.4. The predicted molar refractivity (Wildman–Crippen MR) is 225 cm³/mol. The Kier molecular flexibility index (Phi) is 6.92. The van der Waals surface area contributed by atoms with Crippen LogP contribution in [0.2, 0.25) is 0 Å². The van der Waals surface area contributed by atoms with Crippen molar-refractivity contribution in [3.63, 3.8) is 0 Å². The van der Waals surface area contributed by atoms with Gasteiger partial charge < -0.3 is 14.2 Å². The third-order valence-corrected chi connectivity index (χ3v) is 10.9. The Bertz CT molecular complexity index is 3110. The summed E-state index contributed by atoms with van der Waals surface area (Å²) in [5.41, 5.74) is 8.58. The molecule has 3 nitrogen and oxygen atoms in total. The summed E-state index contributed by atoms with van der Waals surface area (Å²) in [4.78, 5) is 4.22. The molecule has 0 amide bonds. The lowest BCUT2D eigenvalue weighted by molar-refractivity contribution is 0.627. The highest BCUT2D eigenvalue weighted by molar-refractivity contribution is 6.32. The van der Waals surface area contributed by atoms with Gasteiger partial charge in [-0.25, -0.2) is 8.78 Å². The van der Waals surface area contributed by atoms with E-state index >= 15 is 0 Å². The smallest absolute Gasteiger partial charge is 0.125 e. The molecule has 0 atom stereocenters. The van der Waals surface area contributed by atoms with E-state index in [1.54, 1.807) is 24.3 Å². The van der Waals surface area contributed by atoms with Gasteiger partial charge in [0.25, 0.3) is 0 Å². The molecule has 0 radical (unpaired) electrons. The Morgan fingerprint density at radius 2 is 0.836 bits per heavy atom. The number of hydrogen-bond acceptors (Lipinski definition) is 2. The van der Waals surface area contributed by atoms with E-state index in [2.05, 4.69) is 117 Å². The maximum Gasteiger partial charge on any atom is 0.125 e. The van der Waals surface area contributed by atoms with Gasteiger partial charge in [-0.1, -0.05) is 84.9 Å². The molecule has 0 fully saturated rings. The lowest BCUT2D eigenvalue weighted by Crippen LogP contribution is -2.10. The first-order chi connectivity index (χ1) is 27.1. The molecule has 2 heterocycles. The van der Waals surface area contributed by atoms with Gasteiger partial charge in [0.05, 0.1) is 16.6 Å². The quantitative estimate of drug-likeness (QED) is 0.170. The third kappa shape index (κ3) is 4.94. The van der Waals surface area contributed by atoms with Crippen LogP contribution in [0.15, 0.2) is 188 Å². The van der Waals surface area contributed by atoms with Crippen LogP contribution in [0.5, 0.6) is 0 Å². The van der Waals surface area contributed by atoms with Crippen LogP contribution in [-0.2, 0) is 0 Å². The lowest BCUT2D eigenvalue weighted by Gasteiger charge is -2.26. The van der Waals surface area contributed by atoms with Crippen molar-refractivity contribution in [1.82, 2.24) is 4.40 Å². The first-order valence-corrected chi connectivity index (χ1v) is 18.4. The molecule has 0 saturated heterocycles. The Morgan fingerprint density at radius 1 is 0.327 bits per heavy atom. The standard InChI is InChI=1S/C50H31F2N3/c51-35-13-9-19-39(28-35)53(37-15-3-1-4-16-37)41-22-21-34-26-45-43-24-23-42(54(38-17-5-2-6-18-38)40-20-10-14-36(52)29-40)31-48(43)55-47-27-33-12-8-7-11-32(33)25-46(47)49(50(45)55)44(34)30-41/h1-31H. The van der Waals surface area contributed by atoms with Gasteiger partial charge in [0.1, 0.15) is 11.6 Å². The first kappa shape index (κ1) is 31.3. The summed E-state index contributed by atoms with van der Waals surface area (Å²) in [7, 11) is 0. The van der Waals surface area contributed by atoms with Crippen LogP contribution >= 0.6 is 0 Å². The number of nitrogens with zero attached hydrogens (tertiary/aromatic N) is 3. The number of aromatic nitrogens is 1. The third-order valence-electron chi connectivity index (χ3n) is 10.9. The van der Waals surface area contributed by atoms with E-state index in [1.165, 1.54) is 28.3 Å². The monoisotopic (exact) mass is 711 g/mol. The molecule has 9 aromatic carbocycles. The minimum atomic E-state index is -0.286. The van der Waals surface area contributed by atoms with Gasteiger partial charge in [-0.15, -0.1) is 0 Å². The van der Waals surface area contributed by atoms with E-state index in [-0.39, 0.29) is 11.6 Å². The van der Waals surface area contributed by atoms with Crippen LogP contribution < -0.4 is 9.80 Å². The molecule has 0 aliphatic carbocycles. The number of benzene rings is 9. The Morgan fingerprint density at radius 3 is 1.47 bits per heavy atom. The zero-order chi connectivity index (χ0) is 36.6. The minimum Gasteiger partial charge on any atom is -0.310 e. The largest absolute Gasteiger partial charge is 0.310 e. The molecule has 0 spiro atoms. The molecule has 260 valence electrons. The Balaban J connectivity index is 1.23. The van der Waals surface area contributed by atoms with Crippen LogP contribution in [0.4, 0.5) is 42.9 Å². The van der Waals surface area contributed by atoms with E-state index in [0.717, 1.165) is 77.6 Å². The normalized spacial score (nSPS) is 11.8. The molecule has 0 N–H and O–H groups in total. The zero-order valence-electron chi connectivity index (χ0n) is 29.5. The maximum absolute atomic E-state index is 14.7.